The molecule has 0 aliphatic heterocycles. The second-order valence-corrected chi connectivity index (χ2v) is 5.78. The van der Waals surface area contributed by atoms with Gasteiger partial charge in [-0.15, -0.1) is 0 Å². The van der Waals surface area contributed by atoms with Gasteiger partial charge >= 0.3 is 5.97 Å². The predicted octanol–water partition coefficient (Wildman–Crippen LogP) is 3.08. The molecule has 6 nitrogen and oxygen atoms in total. The van der Waals surface area contributed by atoms with Crippen molar-refractivity contribution in [1.29, 1.82) is 0 Å². The lowest BCUT2D eigenvalue weighted by Crippen LogP contribution is -2.08. The fraction of sp³-hybridized carbons (Fsp3) is 0.235. The second kappa shape index (κ2) is 7.35. The molecule has 0 amide bonds. The van der Waals surface area contributed by atoms with Gasteiger partial charge < -0.3 is 9.47 Å². The predicted molar refractivity (Wildman–Crippen MR) is 92.8 cm³/mol. The average molecular weight is 343 g/mol. The third kappa shape index (κ3) is 3.21. The van der Waals surface area contributed by atoms with Crippen LogP contribution in [0, 0.1) is 0 Å². The Balaban J connectivity index is 2.07. The maximum Gasteiger partial charge on any atom is 0.316 e. The molecule has 0 aliphatic carbocycles. The van der Waals surface area contributed by atoms with Crippen LogP contribution < -0.4 is 4.74 Å². The van der Waals surface area contributed by atoms with Crippen molar-refractivity contribution in [2.24, 2.45) is 0 Å². The standard InChI is InChI=1S/C17H17N3O3S/c1-3-23-15(21)11-24-17-19-12-7-6-10-18-16(12)20(17)13-8-4-5-9-14(13)22-2/h4-10H,3,11H2,1-2H3. The Morgan fingerprint density at radius 2 is 2.08 bits per heavy atom. The number of thioether (sulfide) groups is 1. The number of aromatic nitrogens is 3. The molecule has 0 saturated heterocycles. The van der Waals surface area contributed by atoms with Crippen molar-refractivity contribution >= 4 is 28.9 Å². The number of carbonyl (C=O) groups is 1. The zero-order valence-corrected chi connectivity index (χ0v) is 14.2. The van der Waals surface area contributed by atoms with Crippen molar-refractivity contribution < 1.29 is 14.3 Å². The number of esters is 1. The van der Waals surface area contributed by atoms with Gasteiger partial charge in [0.25, 0.3) is 0 Å². The fourth-order valence-corrected chi connectivity index (χ4v) is 3.15. The van der Waals surface area contributed by atoms with E-state index in [2.05, 4.69) is 9.97 Å². The summed E-state index contributed by atoms with van der Waals surface area (Å²) >= 11 is 1.32. The zero-order valence-electron chi connectivity index (χ0n) is 13.4. The van der Waals surface area contributed by atoms with E-state index in [0.29, 0.717) is 23.2 Å². The lowest BCUT2D eigenvalue weighted by molar-refractivity contribution is -0.139. The van der Waals surface area contributed by atoms with E-state index >= 15 is 0 Å². The van der Waals surface area contributed by atoms with Crippen molar-refractivity contribution in [3.63, 3.8) is 0 Å². The summed E-state index contributed by atoms with van der Waals surface area (Å²) < 4.78 is 12.4. The molecule has 0 spiro atoms. The molecule has 0 atom stereocenters. The first-order valence-corrected chi connectivity index (χ1v) is 8.48. The first kappa shape index (κ1) is 16.3. The lowest BCUT2D eigenvalue weighted by Gasteiger charge is -2.12. The van der Waals surface area contributed by atoms with Crippen LogP contribution in [0.4, 0.5) is 0 Å². The number of hydrogen-bond acceptors (Lipinski definition) is 6. The van der Waals surface area contributed by atoms with Gasteiger partial charge in [0, 0.05) is 6.20 Å². The largest absolute Gasteiger partial charge is 0.495 e. The van der Waals surface area contributed by atoms with Crippen LogP contribution in [0.1, 0.15) is 6.92 Å². The summed E-state index contributed by atoms with van der Waals surface area (Å²) in [7, 11) is 1.62. The quantitative estimate of drug-likeness (QED) is 0.506. The number of fused-ring (bicyclic) bond motifs is 1. The number of para-hydroxylation sites is 2. The van der Waals surface area contributed by atoms with E-state index in [4.69, 9.17) is 9.47 Å². The molecule has 1 aromatic carbocycles. The zero-order chi connectivity index (χ0) is 16.9. The smallest absolute Gasteiger partial charge is 0.316 e. The number of carbonyl (C=O) groups excluding carboxylic acids is 1. The van der Waals surface area contributed by atoms with E-state index in [0.717, 1.165) is 11.2 Å². The highest BCUT2D eigenvalue weighted by Crippen LogP contribution is 2.31. The Morgan fingerprint density at radius 3 is 2.88 bits per heavy atom. The van der Waals surface area contributed by atoms with Crippen LogP contribution >= 0.6 is 11.8 Å². The third-order valence-corrected chi connectivity index (χ3v) is 4.25. The molecule has 0 unspecified atom stereocenters. The minimum atomic E-state index is -0.269. The van der Waals surface area contributed by atoms with Gasteiger partial charge in [0.1, 0.15) is 11.3 Å². The number of rotatable bonds is 6. The highest BCUT2D eigenvalue weighted by Gasteiger charge is 2.18. The van der Waals surface area contributed by atoms with Crippen molar-refractivity contribution in [1.82, 2.24) is 14.5 Å². The Bertz CT molecular complexity index is 863. The monoisotopic (exact) mass is 343 g/mol. The number of nitrogens with zero attached hydrogens (tertiary/aromatic N) is 3. The Morgan fingerprint density at radius 1 is 1.25 bits per heavy atom. The number of benzene rings is 1. The molecule has 7 heteroatoms. The minimum absolute atomic E-state index is 0.187. The Hall–Kier alpha value is -2.54. The lowest BCUT2D eigenvalue weighted by atomic mass is 10.3. The van der Waals surface area contributed by atoms with Crippen LogP contribution in [-0.4, -0.2) is 40.0 Å². The van der Waals surface area contributed by atoms with Crippen LogP contribution in [0.5, 0.6) is 5.75 Å². The first-order valence-electron chi connectivity index (χ1n) is 7.50. The van der Waals surface area contributed by atoms with Gasteiger partial charge in [0.05, 0.1) is 25.2 Å². The number of methoxy groups -OCH3 is 1. The summed E-state index contributed by atoms with van der Waals surface area (Å²) in [5.41, 5.74) is 2.30. The molecule has 3 rings (SSSR count). The topological polar surface area (TPSA) is 66.2 Å². The Kier molecular flexibility index (Phi) is 5.00. The molecule has 0 saturated carbocycles. The molecule has 0 N–H and O–H groups in total. The van der Waals surface area contributed by atoms with Gasteiger partial charge in [-0.2, -0.15) is 0 Å². The normalized spacial score (nSPS) is 10.8. The van der Waals surface area contributed by atoms with Gasteiger partial charge in [-0.25, -0.2) is 9.97 Å². The maximum absolute atomic E-state index is 11.7. The summed E-state index contributed by atoms with van der Waals surface area (Å²) in [5, 5.41) is 0.668. The molecular weight excluding hydrogens is 326 g/mol. The number of hydrogen-bond donors (Lipinski definition) is 0. The summed E-state index contributed by atoms with van der Waals surface area (Å²) in [4.78, 5) is 20.7. The van der Waals surface area contributed by atoms with Crippen LogP contribution in [0.3, 0.4) is 0 Å². The number of imidazole rings is 1. The van der Waals surface area contributed by atoms with Gasteiger partial charge in [-0.05, 0) is 31.2 Å². The van der Waals surface area contributed by atoms with E-state index in [9.17, 15) is 4.79 Å². The van der Waals surface area contributed by atoms with Crippen molar-refractivity contribution in [2.45, 2.75) is 12.1 Å². The first-order chi connectivity index (χ1) is 11.7. The summed E-state index contributed by atoms with van der Waals surface area (Å²) in [6.45, 7) is 2.15. The number of ether oxygens (including phenoxy) is 2. The molecular formula is C17H17N3O3S. The second-order valence-electron chi connectivity index (χ2n) is 4.84. The highest BCUT2D eigenvalue weighted by atomic mass is 32.2. The summed E-state index contributed by atoms with van der Waals surface area (Å²) in [5.74, 6) is 0.626. The molecule has 0 fully saturated rings. The van der Waals surface area contributed by atoms with Crippen molar-refractivity contribution in [3.05, 3.63) is 42.6 Å². The van der Waals surface area contributed by atoms with E-state index in [1.54, 1.807) is 20.2 Å². The van der Waals surface area contributed by atoms with E-state index in [-0.39, 0.29) is 11.7 Å². The van der Waals surface area contributed by atoms with Gasteiger partial charge in [-0.3, -0.25) is 9.36 Å². The van der Waals surface area contributed by atoms with E-state index < -0.39 is 0 Å². The molecule has 24 heavy (non-hydrogen) atoms. The van der Waals surface area contributed by atoms with Crippen LogP contribution in [0.15, 0.2) is 47.8 Å². The van der Waals surface area contributed by atoms with E-state index in [1.165, 1.54) is 11.8 Å². The molecule has 3 aromatic rings. The van der Waals surface area contributed by atoms with Gasteiger partial charge in [0.2, 0.25) is 0 Å². The van der Waals surface area contributed by atoms with Crippen LogP contribution in [0.25, 0.3) is 16.9 Å². The molecule has 0 radical (unpaired) electrons. The molecule has 124 valence electrons. The minimum Gasteiger partial charge on any atom is -0.495 e. The highest BCUT2D eigenvalue weighted by molar-refractivity contribution is 7.99. The molecule has 2 heterocycles. The van der Waals surface area contributed by atoms with Crippen LogP contribution in [-0.2, 0) is 9.53 Å². The summed E-state index contributed by atoms with van der Waals surface area (Å²) in [6.07, 6.45) is 1.72. The molecule has 2 aromatic heterocycles. The van der Waals surface area contributed by atoms with Gasteiger partial charge in [0.15, 0.2) is 10.8 Å². The fourth-order valence-electron chi connectivity index (χ4n) is 2.35. The SMILES string of the molecule is CCOC(=O)CSc1nc2cccnc2n1-c1ccccc1OC. The van der Waals surface area contributed by atoms with Crippen molar-refractivity contribution in [2.75, 3.05) is 19.5 Å². The third-order valence-electron chi connectivity index (χ3n) is 3.34. The average Bonchev–Trinajstić information content (AvgIpc) is 2.98. The van der Waals surface area contributed by atoms with Crippen LogP contribution in [0.2, 0.25) is 0 Å². The summed E-state index contributed by atoms with van der Waals surface area (Å²) in [6, 6.07) is 11.4. The Labute approximate surface area is 143 Å². The van der Waals surface area contributed by atoms with E-state index in [1.807, 2.05) is 41.0 Å². The van der Waals surface area contributed by atoms with Crippen molar-refractivity contribution in [3.8, 4) is 11.4 Å². The number of pyridine rings is 1. The molecule has 0 aliphatic rings. The van der Waals surface area contributed by atoms with Gasteiger partial charge in [-0.1, -0.05) is 23.9 Å². The maximum atomic E-state index is 11.7. The molecule has 0 bridgehead atoms.